The number of hydrogen-bond acceptors (Lipinski definition) is 1. The van der Waals surface area contributed by atoms with Crippen LogP contribution in [0.4, 0.5) is 0 Å². The summed E-state index contributed by atoms with van der Waals surface area (Å²) in [6.45, 7) is 0. The molecule has 0 radical (unpaired) electrons. The molecule has 0 aliphatic heterocycles. The molecule has 0 saturated carbocycles. The van der Waals surface area contributed by atoms with E-state index < -0.39 is 0 Å². The quantitative estimate of drug-likeness (QED) is 0.330. The van der Waals surface area contributed by atoms with Crippen molar-refractivity contribution in [1.82, 2.24) is 4.98 Å². The Hall–Kier alpha value is -1.36. The molecule has 0 unspecified atom stereocenters. The van der Waals surface area contributed by atoms with E-state index in [2.05, 4.69) is 11.0 Å². The summed E-state index contributed by atoms with van der Waals surface area (Å²) in [4.78, 5) is 3.78. The summed E-state index contributed by atoms with van der Waals surface area (Å²) >= 11 is 0. The first-order chi connectivity index (χ1) is 3.93. The zero-order valence-corrected chi connectivity index (χ0v) is 4.28. The maximum absolute atomic E-state index is 5.04. The first-order valence-electron chi connectivity index (χ1n) is 2.21. The van der Waals surface area contributed by atoms with Crippen LogP contribution in [0.1, 0.15) is 0 Å². The third-order valence-electron chi connectivity index (χ3n) is 0.776. The van der Waals surface area contributed by atoms with Gasteiger partial charge in [0.25, 0.3) is 0 Å². The van der Waals surface area contributed by atoms with Crippen molar-refractivity contribution in [2.45, 2.75) is 0 Å². The van der Waals surface area contributed by atoms with Crippen molar-refractivity contribution in [2.24, 2.45) is 0 Å². The molecule has 8 heavy (non-hydrogen) atoms. The predicted octanol–water partition coefficient (Wildman–Crippen LogP) is -0.192. The second-order valence-corrected chi connectivity index (χ2v) is 1.28. The van der Waals surface area contributed by atoms with Gasteiger partial charge in [-0.05, 0) is 6.42 Å². The van der Waals surface area contributed by atoms with E-state index in [1.807, 2.05) is 0 Å². The topological polar surface area (TPSA) is 16.8 Å². The van der Waals surface area contributed by atoms with Crippen LogP contribution in [0.3, 0.4) is 0 Å². The Bertz CT molecular complexity index is 198. The standard InChI is InChI=1S/C6H5N2/c1-2-8-5-3-7-4-6-8/h1,3-6H/q+1. The highest BCUT2D eigenvalue weighted by molar-refractivity contribution is 4.72. The molecule has 0 atom stereocenters. The smallest absolute Gasteiger partial charge is 0.225 e. The van der Waals surface area contributed by atoms with E-state index in [1.165, 1.54) is 0 Å². The molecule has 0 aromatic carbocycles. The van der Waals surface area contributed by atoms with E-state index in [4.69, 9.17) is 6.42 Å². The highest BCUT2D eigenvalue weighted by Gasteiger charge is 1.85. The minimum Gasteiger partial charge on any atom is -0.252 e. The van der Waals surface area contributed by atoms with Crippen LogP contribution in [0, 0.1) is 12.5 Å². The van der Waals surface area contributed by atoms with E-state index in [-0.39, 0.29) is 0 Å². The molecule has 2 nitrogen and oxygen atoms in total. The molecule has 0 spiro atoms. The number of hydrogen-bond donors (Lipinski definition) is 0. The van der Waals surface area contributed by atoms with Crippen molar-refractivity contribution in [3.8, 4) is 12.5 Å². The van der Waals surface area contributed by atoms with Gasteiger partial charge in [0.15, 0.2) is 0 Å². The van der Waals surface area contributed by atoms with Gasteiger partial charge in [-0.2, -0.15) is 0 Å². The third kappa shape index (κ3) is 0.824. The van der Waals surface area contributed by atoms with Crippen LogP contribution in [0.2, 0.25) is 0 Å². The summed E-state index contributed by atoms with van der Waals surface area (Å²) in [6, 6.07) is 2.40. The van der Waals surface area contributed by atoms with Gasteiger partial charge >= 0.3 is 0 Å². The van der Waals surface area contributed by atoms with Crippen LogP contribution in [0.15, 0.2) is 24.8 Å². The summed E-state index contributed by atoms with van der Waals surface area (Å²) in [6.07, 6.45) is 11.7. The second-order valence-electron chi connectivity index (χ2n) is 1.28. The van der Waals surface area contributed by atoms with E-state index in [0.717, 1.165) is 0 Å². The first kappa shape index (κ1) is 4.79. The van der Waals surface area contributed by atoms with Crippen LogP contribution in [0.5, 0.6) is 0 Å². The van der Waals surface area contributed by atoms with Crippen LogP contribution in [-0.4, -0.2) is 4.98 Å². The zero-order valence-electron chi connectivity index (χ0n) is 4.28. The fraction of sp³-hybridized carbons (Fsp3) is 0. The number of terminal acetylenes is 1. The largest absolute Gasteiger partial charge is 0.252 e. The zero-order chi connectivity index (χ0) is 5.82. The summed E-state index contributed by atoms with van der Waals surface area (Å²) in [5.41, 5.74) is 0. The summed E-state index contributed by atoms with van der Waals surface area (Å²) in [5.74, 6) is 0. The van der Waals surface area contributed by atoms with Gasteiger partial charge in [0, 0.05) is 0 Å². The molecule has 0 aliphatic rings. The van der Waals surface area contributed by atoms with E-state index in [9.17, 15) is 0 Å². The fourth-order valence-electron chi connectivity index (χ4n) is 0.406. The lowest BCUT2D eigenvalue weighted by atomic mass is 10.7. The summed E-state index contributed by atoms with van der Waals surface area (Å²) in [5, 5.41) is 0. The lowest BCUT2D eigenvalue weighted by molar-refractivity contribution is -0.583. The van der Waals surface area contributed by atoms with Gasteiger partial charge in [0.2, 0.25) is 18.4 Å². The molecular weight excluding hydrogens is 100 g/mol. The van der Waals surface area contributed by atoms with Gasteiger partial charge in [-0.3, -0.25) is 4.98 Å². The number of rotatable bonds is 0. The van der Waals surface area contributed by atoms with Crippen molar-refractivity contribution >= 4 is 0 Å². The molecule has 0 N–H and O–H groups in total. The molecule has 0 saturated heterocycles. The van der Waals surface area contributed by atoms with Crippen molar-refractivity contribution in [2.75, 3.05) is 0 Å². The van der Waals surface area contributed by atoms with Crippen LogP contribution < -0.4 is 4.57 Å². The summed E-state index contributed by atoms with van der Waals surface area (Å²) in [7, 11) is 0. The molecule has 0 bridgehead atoms. The highest BCUT2D eigenvalue weighted by Crippen LogP contribution is 1.64. The van der Waals surface area contributed by atoms with Gasteiger partial charge in [-0.25, -0.2) is 0 Å². The van der Waals surface area contributed by atoms with Gasteiger partial charge < -0.3 is 0 Å². The van der Waals surface area contributed by atoms with E-state index in [0.29, 0.717) is 0 Å². The van der Waals surface area contributed by atoms with E-state index >= 15 is 0 Å². The minimum atomic E-state index is 1.59. The maximum atomic E-state index is 5.04. The average Bonchev–Trinajstić information content (AvgIpc) is 1.90. The van der Waals surface area contributed by atoms with Crippen molar-refractivity contribution in [1.29, 1.82) is 0 Å². The molecular formula is C6H5N2+. The van der Waals surface area contributed by atoms with Crippen LogP contribution in [-0.2, 0) is 0 Å². The molecule has 2 heteroatoms. The van der Waals surface area contributed by atoms with Gasteiger partial charge in [0.05, 0.1) is 12.4 Å². The molecule has 0 amide bonds. The fourth-order valence-corrected chi connectivity index (χ4v) is 0.406. The number of aromatic nitrogens is 2. The number of nitrogens with zero attached hydrogens (tertiary/aromatic N) is 2. The van der Waals surface area contributed by atoms with Gasteiger partial charge in [0.1, 0.15) is 0 Å². The van der Waals surface area contributed by atoms with Crippen molar-refractivity contribution in [3.63, 3.8) is 0 Å². The molecule has 1 aromatic rings. The SMILES string of the molecule is C#C[n+]1ccncc1. The van der Waals surface area contributed by atoms with E-state index in [1.54, 1.807) is 29.4 Å². The lowest BCUT2D eigenvalue weighted by Crippen LogP contribution is -2.25. The molecule has 1 aromatic heterocycles. The third-order valence-corrected chi connectivity index (χ3v) is 0.776. The predicted molar refractivity (Wildman–Crippen MR) is 28.7 cm³/mol. The Morgan fingerprint density at radius 1 is 1.38 bits per heavy atom. The van der Waals surface area contributed by atoms with Crippen LogP contribution >= 0.6 is 0 Å². The molecule has 0 aliphatic carbocycles. The van der Waals surface area contributed by atoms with Crippen LogP contribution in [0.25, 0.3) is 0 Å². The Balaban J connectivity index is 3.05. The Morgan fingerprint density at radius 3 is 2.38 bits per heavy atom. The van der Waals surface area contributed by atoms with Gasteiger partial charge in [-0.15, -0.1) is 4.57 Å². The summed E-state index contributed by atoms with van der Waals surface area (Å²) < 4.78 is 1.59. The highest BCUT2D eigenvalue weighted by atomic mass is 14.9. The molecule has 38 valence electrons. The van der Waals surface area contributed by atoms with Crippen molar-refractivity contribution < 1.29 is 4.57 Å². The van der Waals surface area contributed by atoms with Crippen molar-refractivity contribution in [3.05, 3.63) is 24.8 Å². The molecule has 0 fully saturated rings. The Morgan fingerprint density at radius 2 is 2.00 bits per heavy atom. The minimum absolute atomic E-state index is 1.59. The average molecular weight is 105 g/mol. The monoisotopic (exact) mass is 105 g/mol. The normalized spacial score (nSPS) is 7.88. The molecule has 1 heterocycles. The second kappa shape index (κ2) is 2.08. The lowest BCUT2D eigenvalue weighted by Gasteiger charge is -1.75. The maximum Gasteiger partial charge on any atom is 0.225 e. The molecule has 1 rings (SSSR count). The Kier molecular flexibility index (Phi) is 1.25. The Labute approximate surface area is 47.8 Å². The van der Waals surface area contributed by atoms with Gasteiger partial charge in [-0.1, -0.05) is 0 Å². The first-order valence-corrected chi connectivity index (χ1v) is 2.21.